The molecule has 2 rings (SSSR count). The normalized spacial score (nSPS) is 11.2. The first-order valence-corrected chi connectivity index (χ1v) is 6.40. The summed E-state index contributed by atoms with van der Waals surface area (Å²) in [6.45, 7) is 3.61. The zero-order valence-electron chi connectivity index (χ0n) is 11.6. The van der Waals surface area contributed by atoms with Gasteiger partial charge in [-0.25, -0.2) is 0 Å². The SMILES string of the molecule is C/C(=C\c1ccccc1)C(=O)Nc1ccc(O)cc1C. The van der Waals surface area contributed by atoms with Crippen LogP contribution in [0.3, 0.4) is 0 Å². The molecule has 0 aliphatic carbocycles. The van der Waals surface area contributed by atoms with Gasteiger partial charge in [0.25, 0.3) is 5.91 Å². The number of carbonyl (C=O) groups excluding carboxylic acids is 1. The summed E-state index contributed by atoms with van der Waals surface area (Å²) in [5, 5.41) is 12.2. The van der Waals surface area contributed by atoms with E-state index in [1.807, 2.05) is 43.3 Å². The van der Waals surface area contributed by atoms with Crippen LogP contribution in [0.15, 0.2) is 54.1 Å². The molecule has 0 saturated carbocycles. The van der Waals surface area contributed by atoms with E-state index in [2.05, 4.69) is 5.32 Å². The van der Waals surface area contributed by atoms with Crippen LogP contribution in [0.2, 0.25) is 0 Å². The first-order valence-electron chi connectivity index (χ1n) is 6.40. The smallest absolute Gasteiger partial charge is 0.251 e. The molecule has 0 aliphatic heterocycles. The molecule has 1 amide bonds. The Hall–Kier alpha value is -2.55. The number of aryl methyl sites for hydroxylation is 1. The first-order chi connectivity index (χ1) is 9.56. The van der Waals surface area contributed by atoms with Gasteiger partial charge in [0.15, 0.2) is 0 Å². The van der Waals surface area contributed by atoms with Crippen molar-refractivity contribution < 1.29 is 9.90 Å². The number of amides is 1. The van der Waals surface area contributed by atoms with Crippen molar-refractivity contribution in [2.75, 3.05) is 5.32 Å². The third kappa shape index (κ3) is 3.48. The van der Waals surface area contributed by atoms with E-state index < -0.39 is 0 Å². The van der Waals surface area contributed by atoms with Crippen LogP contribution in [-0.2, 0) is 4.79 Å². The summed E-state index contributed by atoms with van der Waals surface area (Å²) in [6.07, 6.45) is 1.84. The van der Waals surface area contributed by atoms with Crippen LogP contribution in [0.1, 0.15) is 18.1 Å². The quantitative estimate of drug-likeness (QED) is 0.657. The Balaban J connectivity index is 2.14. The fourth-order valence-electron chi connectivity index (χ4n) is 1.87. The maximum atomic E-state index is 12.1. The van der Waals surface area contributed by atoms with E-state index in [1.165, 1.54) is 0 Å². The molecule has 2 N–H and O–H groups in total. The zero-order valence-corrected chi connectivity index (χ0v) is 11.6. The Labute approximate surface area is 118 Å². The van der Waals surface area contributed by atoms with E-state index in [-0.39, 0.29) is 11.7 Å². The van der Waals surface area contributed by atoms with Crippen molar-refractivity contribution in [2.24, 2.45) is 0 Å². The van der Waals surface area contributed by atoms with Crippen LogP contribution in [0.4, 0.5) is 5.69 Å². The summed E-state index contributed by atoms with van der Waals surface area (Å²) in [5.41, 5.74) is 3.14. The van der Waals surface area contributed by atoms with E-state index in [9.17, 15) is 9.90 Å². The second kappa shape index (κ2) is 6.06. The van der Waals surface area contributed by atoms with Crippen LogP contribution in [0, 0.1) is 6.92 Å². The lowest BCUT2D eigenvalue weighted by Crippen LogP contribution is -2.13. The largest absolute Gasteiger partial charge is 0.508 e. The van der Waals surface area contributed by atoms with Gasteiger partial charge in [-0.15, -0.1) is 0 Å². The van der Waals surface area contributed by atoms with E-state index in [0.717, 1.165) is 11.1 Å². The molecular weight excluding hydrogens is 250 g/mol. The molecule has 20 heavy (non-hydrogen) atoms. The average molecular weight is 267 g/mol. The van der Waals surface area contributed by atoms with Crippen molar-refractivity contribution >= 4 is 17.7 Å². The molecule has 0 aromatic heterocycles. The summed E-state index contributed by atoms with van der Waals surface area (Å²) in [4.78, 5) is 12.1. The van der Waals surface area contributed by atoms with Gasteiger partial charge in [0, 0.05) is 11.3 Å². The molecule has 0 aliphatic rings. The predicted molar refractivity (Wildman–Crippen MR) is 81.6 cm³/mol. The fraction of sp³-hybridized carbons (Fsp3) is 0.118. The molecule has 0 unspecified atom stereocenters. The van der Waals surface area contributed by atoms with Crippen molar-refractivity contribution in [1.82, 2.24) is 0 Å². The lowest BCUT2D eigenvalue weighted by Gasteiger charge is -2.09. The number of rotatable bonds is 3. The minimum atomic E-state index is -0.150. The summed E-state index contributed by atoms with van der Waals surface area (Å²) < 4.78 is 0. The third-order valence-electron chi connectivity index (χ3n) is 3.00. The standard InChI is InChI=1S/C17H17NO2/c1-12-11-15(19)8-9-16(12)18-17(20)13(2)10-14-6-4-3-5-7-14/h3-11,19H,1-2H3,(H,18,20)/b13-10+. The second-order valence-electron chi connectivity index (χ2n) is 4.69. The van der Waals surface area contributed by atoms with Crippen molar-refractivity contribution in [3.8, 4) is 5.75 Å². The highest BCUT2D eigenvalue weighted by atomic mass is 16.3. The van der Waals surface area contributed by atoms with Gasteiger partial charge < -0.3 is 10.4 Å². The van der Waals surface area contributed by atoms with Crippen molar-refractivity contribution in [2.45, 2.75) is 13.8 Å². The molecule has 0 atom stereocenters. The molecule has 3 nitrogen and oxygen atoms in total. The molecular formula is C17H17NO2. The summed E-state index contributed by atoms with van der Waals surface area (Å²) in [7, 11) is 0. The van der Waals surface area contributed by atoms with E-state index in [0.29, 0.717) is 11.3 Å². The molecule has 0 spiro atoms. The predicted octanol–water partition coefficient (Wildman–Crippen LogP) is 3.74. The molecule has 0 fully saturated rings. The van der Waals surface area contributed by atoms with Crippen LogP contribution in [0.25, 0.3) is 6.08 Å². The van der Waals surface area contributed by atoms with Gasteiger partial charge in [0.2, 0.25) is 0 Å². The minimum Gasteiger partial charge on any atom is -0.508 e. The summed E-state index contributed by atoms with van der Waals surface area (Å²) in [6, 6.07) is 14.6. The van der Waals surface area contributed by atoms with Crippen molar-refractivity contribution in [1.29, 1.82) is 0 Å². The van der Waals surface area contributed by atoms with Gasteiger partial charge >= 0.3 is 0 Å². The van der Waals surface area contributed by atoms with Gasteiger partial charge in [-0.2, -0.15) is 0 Å². The number of phenols is 1. The Bertz CT molecular complexity index is 645. The molecule has 0 saturated heterocycles. The Kier molecular flexibility index (Phi) is 4.20. The monoisotopic (exact) mass is 267 g/mol. The summed E-state index contributed by atoms with van der Waals surface area (Å²) >= 11 is 0. The van der Waals surface area contributed by atoms with E-state index in [4.69, 9.17) is 0 Å². The Morgan fingerprint density at radius 2 is 1.85 bits per heavy atom. The lowest BCUT2D eigenvalue weighted by molar-refractivity contribution is -0.112. The van der Waals surface area contributed by atoms with Crippen LogP contribution >= 0.6 is 0 Å². The maximum Gasteiger partial charge on any atom is 0.251 e. The number of aromatic hydroxyl groups is 1. The van der Waals surface area contributed by atoms with Gasteiger partial charge in [0.05, 0.1) is 0 Å². The van der Waals surface area contributed by atoms with Gasteiger partial charge in [-0.3, -0.25) is 4.79 Å². The number of hydrogen-bond donors (Lipinski definition) is 2. The molecule has 102 valence electrons. The van der Waals surface area contributed by atoms with Crippen molar-refractivity contribution in [3.63, 3.8) is 0 Å². The van der Waals surface area contributed by atoms with Gasteiger partial charge in [-0.1, -0.05) is 30.3 Å². The zero-order chi connectivity index (χ0) is 14.5. The number of benzene rings is 2. The third-order valence-corrected chi connectivity index (χ3v) is 3.00. The number of anilines is 1. The van der Waals surface area contributed by atoms with Crippen LogP contribution < -0.4 is 5.32 Å². The average Bonchev–Trinajstić information content (AvgIpc) is 2.43. The van der Waals surface area contributed by atoms with Crippen LogP contribution in [-0.4, -0.2) is 11.0 Å². The molecule has 0 radical (unpaired) electrons. The van der Waals surface area contributed by atoms with Crippen molar-refractivity contribution in [3.05, 3.63) is 65.2 Å². The first kappa shape index (κ1) is 13.9. The summed E-state index contributed by atoms with van der Waals surface area (Å²) in [5.74, 6) is 0.0414. The second-order valence-corrected chi connectivity index (χ2v) is 4.69. The number of nitrogens with one attached hydrogen (secondary N) is 1. The number of hydrogen-bond acceptors (Lipinski definition) is 2. The molecule has 0 bridgehead atoms. The number of carbonyl (C=O) groups is 1. The van der Waals surface area contributed by atoms with Crippen LogP contribution in [0.5, 0.6) is 5.75 Å². The molecule has 2 aromatic rings. The lowest BCUT2D eigenvalue weighted by atomic mass is 10.1. The maximum absolute atomic E-state index is 12.1. The van der Waals surface area contributed by atoms with E-state index in [1.54, 1.807) is 25.1 Å². The Morgan fingerprint density at radius 3 is 2.50 bits per heavy atom. The molecule has 3 heteroatoms. The highest BCUT2D eigenvalue weighted by Gasteiger charge is 2.07. The molecule has 0 heterocycles. The molecule has 2 aromatic carbocycles. The highest BCUT2D eigenvalue weighted by molar-refractivity contribution is 6.06. The fourth-order valence-corrected chi connectivity index (χ4v) is 1.87. The number of phenolic OH excluding ortho intramolecular Hbond substituents is 1. The van der Waals surface area contributed by atoms with Gasteiger partial charge in [0.1, 0.15) is 5.75 Å². The van der Waals surface area contributed by atoms with E-state index >= 15 is 0 Å². The Morgan fingerprint density at radius 1 is 1.15 bits per heavy atom. The van der Waals surface area contributed by atoms with Gasteiger partial charge in [-0.05, 0) is 49.2 Å². The highest BCUT2D eigenvalue weighted by Crippen LogP contribution is 2.20. The minimum absolute atomic E-state index is 0.150. The topological polar surface area (TPSA) is 49.3 Å².